The van der Waals surface area contributed by atoms with Crippen molar-refractivity contribution in [3.63, 3.8) is 0 Å². The molecule has 4 heteroatoms. The molecule has 4 aliphatic rings. The quantitative estimate of drug-likeness (QED) is 0.870. The molecule has 1 aromatic heterocycles. The Morgan fingerprint density at radius 2 is 1.79 bits per heavy atom. The fourth-order valence-corrected chi connectivity index (χ4v) is 6.46. The zero-order valence-electron chi connectivity index (χ0n) is 15.2. The number of nitrogens with one attached hydrogen (secondary N) is 1. The van der Waals surface area contributed by atoms with E-state index >= 15 is 0 Å². The van der Waals surface area contributed by atoms with Crippen LogP contribution in [0.5, 0.6) is 0 Å². The number of amides is 1. The van der Waals surface area contributed by atoms with E-state index in [1.165, 1.54) is 38.5 Å². The standard InChI is InChI=1S/C20H30N2O2/c1-4-5-17(21-19(23)18-12(2)22-24-13(18)3)20-9-14-6-15(10-20)8-16(7-14)11-20/h14-17H,4-11H2,1-3H3,(H,21,23)/t14?,15?,16?,17-,20?/m1/s1. The molecular weight excluding hydrogens is 300 g/mol. The molecule has 1 heterocycles. The maximum Gasteiger partial charge on any atom is 0.257 e. The third kappa shape index (κ3) is 2.58. The van der Waals surface area contributed by atoms with Crippen molar-refractivity contribution in [3.05, 3.63) is 17.0 Å². The van der Waals surface area contributed by atoms with Crippen LogP contribution in [0.2, 0.25) is 0 Å². The molecule has 1 N–H and O–H groups in total. The van der Waals surface area contributed by atoms with E-state index in [1.807, 2.05) is 13.8 Å². The number of aryl methyl sites for hydroxylation is 2. The summed E-state index contributed by atoms with van der Waals surface area (Å²) in [6.45, 7) is 5.91. The van der Waals surface area contributed by atoms with Crippen molar-refractivity contribution in [1.29, 1.82) is 0 Å². The second-order valence-corrected chi connectivity index (χ2v) is 8.79. The maximum absolute atomic E-state index is 12.9. The second kappa shape index (κ2) is 5.89. The van der Waals surface area contributed by atoms with Gasteiger partial charge in [-0.15, -0.1) is 0 Å². The Balaban J connectivity index is 1.57. The molecule has 0 unspecified atom stereocenters. The predicted molar refractivity (Wildman–Crippen MR) is 92.7 cm³/mol. The van der Waals surface area contributed by atoms with Crippen LogP contribution >= 0.6 is 0 Å². The minimum Gasteiger partial charge on any atom is -0.361 e. The Bertz CT molecular complexity index is 579. The fraction of sp³-hybridized carbons (Fsp3) is 0.800. The molecular formula is C20H30N2O2. The first-order chi connectivity index (χ1) is 11.5. The molecule has 0 saturated heterocycles. The molecule has 1 amide bonds. The zero-order chi connectivity index (χ0) is 16.9. The van der Waals surface area contributed by atoms with Crippen LogP contribution in [0.15, 0.2) is 4.52 Å². The molecule has 132 valence electrons. The summed E-state index contributed by atoms with van der Waals surface area (Å²) in [6.07, 6.45) is 10.5. The number of carbonyl (C=O) groups is 1. The number of nitrogens with zero attached hydrogens (tertiary/aromatic N) is 1. The second-order valence-electron chi connectivity index (χ2n) is 8.79. The molecule has 4 aliphatic carbocycles. The van der Waals surface area contributed by atoms with Crippen LogP contribution in [-0.2, 0) is 0 Å². The first kappa shape index (κ1) is 16.2. The van der Waals surface area contributed by atoms with Crippen LogP contribution in [0.25, 0.3) is 0 Å². The minimum atomic E-state index is 0.0143. The van der Waals surface area contributed by atoms with Crippen LogP contribution < -0.4 is 5.32 Å². The van der Waals surface area contributed by atoms with Gasteiger partial charge in [0.05, 0.1) is 5.69 Å². The highest BCUT2D eigenvalue weighted by Gasteiger charge is 2.54. The summed E-state index contributed by atoms with van der Waals surface area (Å²) in [4.78, 5) is 12.9. The van der Waals surface area contributed by atoms with Gasteiger partial charge in [0.15, 0.2) is 0 Å². The van der Waals surface area contributed by atoms with E-state index in [-0.39, 0.29) is 5.91 Å². The van der Waals surface area contributed by atoms with E-state index in [1.54, 1.807) is 0 Å². The normalized spacial score (nSPS) is 35.2. The number of aromatic nitrogens is 1. The molecule has 5 rings (SSSR count). The lowest BCUT2D eigenvalue weighted by Crippen LogP contribution is -2.57. The number of hydrogen-bond donors (Lipinski definition) is 1. The third-order valence-electron chi connectivity index (χ3n) is 6.97. The van der Waals surface area contributed by atoms with E-state index < -0.39 is 0 Å². The van der Waals surface area contributed by atoms with Gasteiger partial charge in [-0.05, 0) is 82.0 Å². The Morgan fingerprint density at radius 3 is 2.25 bits per heavy atom. The summed E-state index contributed by atoms with van der Waals surface area (Å²) in [5.74, 6) is 3.37. The highest BCUT2D eigenvalue weighted by molar-refractivity contribution is 5.96. The molecule has 0 aromatic carbocycles. The summed E-state index contributed by atoms with van der Waals surface area (Å²) < 4.78 is 5.20. The van der Waals surface area contributed by atoms with Crippen molar-refractivity contribution >= 4 is 5.91 Å². The van der Waals surface area contributed by atoms with Crippen LogP contribution in [0, 0.1) is 37.0 Å². The monoisotopic (exact) mass is 330 g/mol. The zero-order valence-corrected chi connectivity index (χ0v) is 15.2. The van der Waals surface area contributed by atoms with Gasteiger partial charge in [0.2, 0.25) is 0 Å². The minimum absolute atomic E-state index is 0.0143. The topological polar surface area (TPSA) is 55.1 Å². The average Bonchev–Trinajstić information content (AvgIpc) is 2.84. The van der Waals surface area contributed by atoms with Crippen LogP contribution in [0.4, 0.5) is 0 Å². The molecule has 0 spiro atoms. The predicted octanol–water partition coefficient (Wildman–Crippen LogP) is 4.41. The Labute approximate surface area is 144 Å². The molecule has 24 heavy (non-hydrogen) atoms. The number of rotatable bonds is 5. The molecule has 4 saturated carbocycles. The number of hydrogen-bond acceptors (Lipinski definition) is 3. The van der Waals surface area contributed by atoms with Crippen LogP contribution in [0.3, 0.4) is 0 Å². The highest BCUT2D eigenvalue weighted by Crippen LogP contribution is 2.61. The first-order valence-electron chi connectivity index (χ1n) is 9.74. The average molecular weight is 330 g/mol. The van der Waals surface area contributed by atoms with Crippen LogP contribution in [0.1, 0.15) is 80.1 Å². The number of carbonyl (C=O) groups excluding carboxylic acids is 1. The van der Waals surface area contributed by atoms with Gasteiger partial charge in [0.1, 0.15) is 11.3 Å². The lowest BCUT2D eigenvalue weighted by Gasteiger charge is -2.59. The van der Waals surface area contributed by atoms with Gasteiger partial charge in [-0.25, -0.2) is 0 Å². The van der Waals surface area contributed by atoms with E-state index in [9.17, 15) is 4.79 Å². The summed E-state index contributed by atoms with van der Waals surface area (Å²) in [6, 6.07) is 0.303. The first-order valence-corrected chi connectivity index (χ1v) is 9.74. The molecule has 1 atom stereocenters. The van der Waals surface area contributed by atoms with E-state index in [0.29, 0.717) is 28.5 Å². The summed E-state index contributed by atoms with van der Waals surface area (Å²) in [5, 5.41) is 7.37. The lowest BCUT2D eigenvalue weighted by atomic mass is 9.47. The van der Waals surface area contributed by atoms with Gasteiger partial charge in [-0.1, -0.05) is 18.5 Å². The van der Waals surface area contributed by atoms with Crippen molar-refractivity contribution in [3.8, 4) is 0 Å². The summed E-state index contributed by atoms with van der Waals surface area (Å²) in [7, 11) is 0. The van der Waals surface area contributed by atoms with Gasteiger partial charge in [-0.3, -0.25) is 4.79 Å². The van der Waals surface area contributed by atoms with E-state index in [2.05, 4.69) is 17.4 Å². The van der Waals surface area contributed by atoms with Gasteiger partial charge in [-0.2, -0.15) is 0 Å². The maximum atomic E-state index is 12.9. The summed E-state index contributed by atoms with van der Waals surface area (Å²) >= 11 is 0. The Morgan fingerprint density at radius 1 is 1.21 bits per heavy atom. The molecule has 4 fully saturated rings. The molecule has 4 bridgehead atoms. The molecule has 0 radical (unpaired) electrons. The summed E-state index contributed by atoms with van der Waals surface area (Å²) in [5.41, 5.74) is 1.69. The molecule has 0 aliphatic heterocycles. The van der Waals surface area contributed by atoms with E-state index in [0.717, 1.165) is 30.6 Å². The van der Waals surface area contributed by atoms with Crippen molar-refractivity contribution < 1.29 is 9.32 Å². The molecule has 4 nitrogen and oxygen atoms in total. The fourth-order valence-electron chi connectivity index (χ4n) is 6.46. The largest absolute Gasteiger partial charge is 0.361 e. The molecule has 1 aromatic rings. The van der Waals surface area contributed by atoms with Gasteiger partial charge in [0.25, 0.3) is 5.91 Å². The Kier molecular flexibility index (Phi) is 3.97. The van der Waals surface area contributed by atoms with Crippen molar-refractivity contribution in [2.24, 2.45) is 23.2 Å². The Hall–Kier alpha value is -1.32. The van der Waals surface area contributed by atoms with Crippen molar-refractivity contribution in [2.75, 3.05) is 0 Å². The van der Waals surface area contributed by atoms with Gasteiger partial charge < -0.3 is 9.84 Å². The van der Waals surface area contributed by atoms with Crippen molar-refractivity contribution in [2.45, 2.75) is 78.2 Å². The third-order valence-corrected chi connectivity index (χ3v) is 6.97. The SMILES string of the molecule is CCC[C@@H](NC(=O)c1c(C)noc1C)C12CC3CC(CC(C3)C1)C2. The lowest BCUT2D eigenvalue weighted by molar-refractivity contribution is -0.0736. The van der Waals surface area contributed by atoms with Gasteiger partial charge >= 0.3 is 0 Å². The highest BCUT2D eigenvalue weighted by atomic mass is 16.5. The van der Waals surface area contributed by atoms with Crippen LogP contribution in [-0.4, -0.2) is 17.1 Å². The smallest absolute Gasteiger partial charge is 0.257 e. The van der Waals surface area contributed by atoms with Gasteiger partial charge in [0, 0.05) is 6.04 Å². The van der Waals surface area contributed by atoms with E-state index in [4.69, 9.17) is 4.52 Å². The van der Waals surface area contributed by atoms with Crippen molar-refractivity contribution in [1.82, 2.24) is 10.5 Å².